The number of rotatable bonds is 2. The summed E-state index contributed by atoms with van der Waals surface area (Å²) in [4.78, 5) is 14.4. The molecule has 0 N–H and O–H groups in total. The van der Waals surface area contributed by atoms with Gasteiger partial charge in [0, 0.05) is 6.20 Å². The van der Waals surface area contributed by atoms with Gasteiger partial charge in [-0.15, -0.1) is 0 Å². The fourth-order valence-corrected chi connectivity index (χ4v) is 0.866. The van der Waals surface area contributed by atoms with Crippen molar-refractivity contribution in [3.63, 3.8) is 0 Å². The average Bonchev–Trinajstić information content (AvgIpc) is 2.20. The van der Waals surface area contributed by atoms with Crippen molar-refractivity contribution in [1.82, 2.24) is 4.98 Å². The summed E-state index contributed by atoms with van der Waals surface area (Å²) in [5, 5.41) is 8.43. The van der Waals surface area contributed by atoms with Crippen LogP contribution in [0.2, 0.25) is 0 Å². The molecule has 1 aromatic rings. The molecule has 0 radical (unpaired) electrons. The van der Waals surface area contributed by atoms with E-state index in [0.717, 1.165) is 6.07 Å². The van der Waals surface area contributed by atoms with E-state index in [-0.39, 0.29) is 17.7 Å². The van der Waals surface area contributed by atoms with Crippen LogP contribution in [-0.2, 0) is 16.0 Å². The Morgan fingerprint density at radius 3 is 3.00 bits per heavy atom. The molecular weight excluding hydrogens is 187 g/mol. The van der Waals surface area contributed by atoms with Gasteiger partial charge in [0.15, 0.2) is 0 Å². The number of esters is 1. The third-order valence-electron chi connectivity index (χ3n) is 1.59. The Bertz CT molecular complexity index is 398. The number of carbonyl (C=O) groups excluding carboxylic acids is 1. The van der Waals surface area contributed by atoms with E-state index in [4.69, 9.17) is 5.26 Å². The van der Waals surface area contributed by atoms with Gasteiger partial charge in [-0.05, 0) is 6.07 Å². The normalized spacial score (nSPS) is 9.21. The van der Waals surface area contributed by atoms with Gasteiger partial charge in [-0.3, -0.25) is 9.78 Å². The zero-order chi connectivity index (χ0) is 10.6. The zero-order valence-corrected chi connectivity index (χ0v) is 7.45. The maximum Gasteiger partial charge on any atom is 0.311 e. The van der Waals surface area contributed by atoms with E-state index >= 15 is 0 Å². The average molecular weight is 194 g/mol. The molecule has 0 amide bonds. The van der Waals surface area contributed by atoms with Crippen LogP contribution in [-0.4, -0.2) is 18.1 Å². The maximum atomic E-state index is 13.1. The van der Waals surface area contributed by atoms with Gasteiger partial charge >= 0.3 is 5.97 Å². The number of halogens is 1. The van der Waals surface area contributed by atoms with Crippen molar-refractivity contribution in [1.29, 1.82) is 5.26 Å². The molecule has 0 aliphatic heterocycles. The number of methoxy groups -OCH3 is 1. The largest absolute Gasteiger partial charge is 0.469 e. The lowest BCUT2D eigenvalue weighted by molar-refractivity contribution is -0.139. The highest BCUT2D eigenvalue weighted by molar-refractivity contribution is 5.71. The summed E-state index contributed by atoms with van der Waals surface area (Å²) in [5.74, 6) is -1.24. The van der Waals surface area contributed by atoms with E-state index in [1.807, 2.05) is 0 Å². The molecule has 0 saturated carbocycles. The Balaban J connectivity index is 2.90. The highest BCUT2D eigenvalue weighted by Crippen LogP contribution is 2.07. The first-order valence-electron chi connectivity index (χ1n) is 3.78. The third kappa shape index (κ3) is 2.26. The molecule has 4 nitrogen and oxygen atoms in total. The minimum absolute atomic E-state index is 0.0177. The molecule has 0 atom stereocenters. The van der Waals surface area contributed by atoms with E-state index in [0.29, 0.717) is 0 Å². The molecule has 0 aliphatic carbocycles. The van der Waals surface area contributed by atoms with Gasteiger partial charge in [-0.25, -0.2) is 4.39 Å². The quantitative estimate of drug-likeness (QED) is 0.653. The molecule has 5 heteroatoms. The predicted molar refractivity (Wildman–Crippen MR) is 44.6 cm³/mol. The first-order valence-corrected chi connectivity index (χ1v) is 3.78. The van der Waals surface area contributed by atoms with Crippen molar-refractivity contribution < 1.29 is 13.9 Å². The summed E-state index contributed by atoms with van der Waals surface area (Å²) < 4.78 is 17.5. The number of hydrogen-bond donors (Lipinski definition) is 0. The molecule has 1 heterocycles. The lowest BCUT2D eigenvalue weighted by Gasteiger charge is -2.00. The predicted octanol–water partition coefficient (Wildman–Crippen LogP) is 0.808. The Kier molecular flexibility index (Phi) is 3.13. The number of nitrogens with zero attached hydrogens (tertiary/aromatic N) is 2. The van der Waals surface area contributed by atoms with Crippen LogP contribution < -0.4 is 0 Å². The van der Waals surface area contributed by atoms with Gasteiger partial charge in [0.05, 0.1) is 24.8 Å². The molecule has 0 aliphatic rings. The summed E-state index contributed by atoms with van der Waals surface area (Å²) in [7, 11) is 1.21. The molecule has 0 aromatic carbocycles. The topological polar surface area (TPSA) is 63.0 Å². The van der Waals surface area contributed by atoms with Crippen LogP contribution in [0.5, 0.6) is 0 Å². The Hall–Kier alpha value is -1.96. The monoisotopic (exact) mass is 194 g/mol. The lowest BCUT2D eigenvalue weighted by Crippen LogP contribution is -2.08. The third-order valence-corrected chi connectivity index (χ3v) is 1.59. The minimum Gasteiger partial charge on any atom is -0.469 e. The minimum atomic E-state index is -0.672. The second-order valence-electron chi connectivity index (χ2n) is 2.52. The summed E-state index contributed by atoms with van der Waals surface area (Å²) in [6.07, 6.45) is 0.982. The van der Waals surface area contributed by atoms with Crippen LogP contribution in [0.3, 0.4) is 0 Å². The van der Waals surface area contributed by atoms with Gasteiger partial charge in [-0.2, -0.15) is 5.26 Å². The molecule has 0 unspecified atom stereocenters. The number of carbonyl (C=O) groups is 1. The van der Waals surface area contributed by atoms with Gasteiger partial charge in [-0.1, -0.05) is 0 Å². The molecule has 1 rings (SSSR count). The van der Waals surface area contributed by atoms with Crippen molar-refractivity contribution in [2.24, 2.45) is 0 Å². The van der Waals surface area contributed by atoms with E-state index in [9.17, 15) is 9.18 Å². The molecule has 14 heavy (non-hydrogen) atoms. The van der Waals surface area contributed by atoms with Crippen molar-refractivity contribution in [3.05, 3.63) is 29.3 Å². The van der Waals surface area contributed by atoms with E-state index in [1.54, 1.807) is 6.07 Å². The van der Waals surface area contributed by atoms with Gasteiger partial charge < -0.3 is 4.74 Å². The standard InChI is InChI=1S/C9H7FN2O2/c1-14-9(13)3-8-7(10)2-6(4-11)5-12-8/h2,5H,3H2,1H3. The van der Waals surface area contributed by atoms with Gasteiger partial charge in [0.2, 0.25) is 0 Å². The van der Waals surface area contributed by atoms with Crippen molar-refractivity contribution in [3.8, 4) is 6.07 Å². The first-order chi connectivity index (χ1) is 6.67. The first kappa shape index (κ1) is 10.1. The Labute approximate surface area is 79.9 Å². The number of ether oxygens (including phenoxy) is 1. The van der Waals surface area contributed by atoms with Crippen LogP contribution in [0.15, 0.2) is 12.3 Å². The second kappa shape index (κ2) is 4.33. The van der Waals surface area contributed by atoms with Gasteiger partial charge in [0.25, 0.3) is 0 Å². The zero-order valence-electron chi connectivity index (χ0n) is 7.45. The number of hydrogen-bond acceptors (Lipinski definition) is 4. The second-order valence-corrected chi connectivity index (χ2v) is 2.52. The Morgan fingerprint density at radius 2 is 2.50 bits per heavy atom. The van der Waals surface area contributed by atoms with Crippen LogP contribution in [0, 0.1) is 17.1 Å². The molecule has 72 valence electrons. The molecule has 0 spiro atoms. The Morgan fingerprint density at radius 1 is 1.79 bits per heavy atom. The van der Waals surface area contributed by atoms with E-state index < -0.39 is 11.8 Å². The molecule has 0 saturated heterocycles. The van der Waals surface area contributed by atoms with Crippen LogP contribution in [0.4, 0.5) is 4.39 Å². The fraction of sp³-hybridized carbons (Fsp3) is 0.222. The van der Waals surface area contributed by atoms with Crippen molar-refractivity contribution in [2.75, 3.05) is 7.11 Å². The van der Waals surface area contributed by atoms with Crippen LogP contribution in [0.1, 0.15) is 11.3 Å². The van der Waals surface area contributed by atoms with Crippen molar-refractivity contribution >= 4 is 5.97 Å². The maximum absolute atomic E-state index is 13.1. The SMILES string of the molecule is COC(=O)Cc1ncc(C#N)cc1F. The van der Waals surface area contributed by atoms with E-state index in [2.05, 4.69) is 9.72 Å². The summed E-state index contributed by atoms with van der Waals surface area (Å²) in [6, 6.07) is 2.78. The molecule has 0 bridgehead atoms. The van der Waals surface area contributed by atoms with Gasteiger partial charge in [0.1, 0.15) is 11.9 Å². The number of nitriles is 1. The summed E-state index contributed by atoms with van der Waals surface area (Å²) in [5.41, 5.74) is 0.104. The molecular formula is C9H7FN2O2. The van der Waals surface area contributed by atoms with E-state index in [1.165, 1.54) is 13.3 Å². The van der Waals surface area contributed by atoms with Crippen LogP contribution in [0.25, 0.3) is 0 Å². The highest BCUT2D eigenvalue weighted by atomic mass is 19.1. The number of aromatic nitrogens is 1. The summed E-state index contributed by atoms with van der Waals surface area (Å²) >= 11 is 0. The molecule has 1 aromatic heterocycles. The highest BCUT2D eigenvalue weighted by Gasteiger charge is 2.10. The smallest absolute Gasteiger partial charge is 0.311 e. The van der Waals surface area contributed by atoms with Crippen LogP contribution >= 0.6 is 0 Å². The lowest BCUT2D eigenvalue weighted by atomic mass is 10.2. The van der Waals surface area contributed by atoms with Crippen molar-refractivity contribution in [2.45, 2.75) is 6.42 Å². The summed E-state index contributed by atoms with van der Waals surface area (Å²) in [6.45, 7) is 0. The molecule has 0 fully saturated rings. The number of pyridine rings is 1. The fourth-order valence-electron chi connectivity index (χ4n) is 0.866.